The highest BCUT2D eigenvalue weighted by Crippen LogP contribution is 2.47. The van der Waals surface area contributed by atoms with Crippen molar-refractivity contribution in [1.82, 2.24) is 8.80 Å². The molecule has 0 unspecified atom stereocenters. The van der Waals surface area contributed by atoms with Crippen LogP contribution in [-0.2, 0) is 0 Å². The van der Waals surface area contributed by atoms with E-state index < -0.39 is 0 Å². The van der Waals surface area contributed by atoms with Gasteiger partial charge >= 0.3 is 0 Å². The fraction of sp³-hybridized carbons (Fsp3) is 0.0968. The van der Waals surface area contributed by atoms with Crippen molar-refractivity contribution in [3.63, 3.8) is 0 Å². The Labute approximate surface area is 393 Å². The van der Waals surface area contributed by atoms with Gasteiger partial charge in [0.1, 0.15) is 0 Å². The van der Waals surface area contributed by atoms with E-state index in [9.17, 15) is 5.26 Å². The zero-order valence-electron chi connectivity index (χ0n) is 38.2. The topological polar surface area (TPSA) is 43.5 Å². The minimum atomic E-state index is 0.424. The zero-order chi connectivity index (χ0) is 45.9. The highest BCUT2D eigenvalue weighted by molar-refractivity contribution is 6.29. The quantitative estimate of drug-likeness (QED) is 0.143. The van der Waals surface area contributed by atoms with E-state index in [-0.39, 0.29) is 0 Å². The Hall–Kier alpha value is -8.84. The molecular formula is C62H44N6. The van der Waals surface area contributed by atoms with Crippen LogP contribution < -0.4 is 9.80 Å². The van der Waals surface area contributed by atoms with Gasteiger partial charge in [0.25, 0.3) is 0 Å². The first-order valence-electron chi connectivity index (χ1n) is 23.4. The van der Waals surface area contributed by atoms with Gasteiger partial charge in [-0.15, -0.1) is 0 Å². The van der Waals surface area contributed by atoms with Crippen molar-refractivity contribution in [3.8, 4) is 6.07 Å². The van der Waals surface area contributed by atoms with Crippen LogP contribution in [0, 0.1) is 17.9 Å². The van der Waals surface area contributed by atoms with Crippen LogP contribution >= 0.6 is 0 Å². The Kier molecular flexibility index (Phi) is 8.62. The summed E-state index contributed by atoms with van der Waals surface area (Å²) in [4.78, 5) is 8.29. The second kappa shape index (κ2) is 14.8. The van der Waals surface area contributed by atoms with Crippen molar-refractivity contribution in [2.75, 3.05) is 9.80 Å². The molecule has 13 aromatic rings. The predicted molar refractivity (Wildman–Crippen MR) is 284 cm³/mol. The smallest absolute Gasteiger partial charge is 0.187 e. The van der Waals surface area contributed by atoms with Crippen LogP contribution in [0.3, 0.4) is 0 Å². The fourth-order valence-electron chi connectivity index (χ4n) is 11.0. The third kappa shape index (κ3) is 5.74. The molecule has 0 aliphatic heterocycles. The minimum absolute atomic E-state index is 0.424. The fourth-order valence-corrected chi connectivity index (χ4v) is 11.0. The molecule has 322 valence electrons. The number of nitrogens with zero attached hydrogens (tertiary/aromatic N) is 6. The lowest BCUT2D eigenvalue weighted by Crippen LogP contribution is -2.10. The summed E-state index contributed by atoms with van der Waals surface area (Å²) in [6.45, 7) is 16.5. The summed E-state index contributed by atoms with van der Waals surface area (Å²) in [5.74, 6) is 0.850. The first kappa shape index (κ1) is 39.5. The Bertz CT molecular complexity index is 3920. The normalized spacial score (nSPS) is 12.1. The van der Waals surface area contributed by atoms with Gasteiger partial charge in [-0.1, -0.05) is 113 Å². The van der Waals surface area contributed by atoms with E-state index in [1.54, 1.807) is 0 Å². The van der Waals surface area contributed by atoms with Gasteiger partial charge < -0.3 is 18.6 Å². The number of rotatable bonds is 8. The standard InChI is InChI=1S/C62H44N6/c1-37(2)40-14-22-44(23-15-40)65(43-20-12-39(36-63)13-21-43)47-28-30-49-51-8-6-10-53-55-35-60-56(34-59(55)67(61(51)53)57(49)32-47)54-11-7-9-52-50-31-29-48(33-58(50)68(60)62(52)54)66(46-26-18-42(64-5)19-27-46)45-24-16-41(17-25-45)38(3)4/h6-35,37-38H,1-4H3. The number of benzene rings is 9. The summed E-state index contributed by atoms with van der Waals surface area (Å²) in [5.41, 5.74) is 17.2. The van der Waals surface area contributed by atoms with E-state index in [1.165, 1.54) is 76.3 Å². The van der Waals surface area contributed by atoms with Gasteiger partial charge in [-0.2, -0.15) is 5.26 Å². The average molecular weight is 873 g/mol. The first-order chi connectivity index (χ1) is 33.3. The van der Waals surface area contributed by atoms with Crippen molar-refractivity contribution in [2.24, 2.45) is 0 Å². The summed E-state index contributed by atoms with van der Waals surface area (Å²) >= 11 is 0. The second-order valence-electron chi connectivity index (χ2n) is 18.8. The molecule has 6 nitrogen and oxygen atoms in total. The number of hydrogen-bond donors (Lipinski definition) is 0. The van der Waals surface area contributed by atoms with E-state index in [2.05, 4.69) is 203 Å². The maximum atomic E-state index is 9.67. The van der Waals surface area contributed by atoms with Crippen LogP contribution in [0.15, 0.2) is 182 Å². The van der Waals surface area contributed by atoms with Crippen molar-refractivity contribution in [1.29, 1.82) is 5.26 Å². The number of para-hydroxylation sites is 2. The van der Waals surface area contributed by atoms with Crippen LogP contribution in [0.25, 0.3) is 81.0 Å². The molecule has 0 spiro atoms. The Morgan fingerprint density at radius 3 is 1.15 bits per heavy atom. The SMILES string of the molecule is [C-]#[N+]c1ccc(N(c2ccc(C(C)C)cc2)c2ccc3c4cccc5c6cc7c(cc6n(c3c2)c45)c2cccc3c4ccc(N(c5ccc(C#N)cc5)c5ccc(C(C)C)cc5)cc4n7c32)cc1. The molecule has 0 bridgehead atoms. The van der Waals surface area contributed by atoms with Crippen molar-refractivity contribution in [3.05, 3.63) is 210 Å². The predicted octanol–water partition coefficient (Wildman–Crippen LogP) is 17.6. The number of fused-ring (bicyclic) bond motifs is 12. The van der Waals surface area contributed by atoms with Crippen LogP contribution in [0.1, 0.15) is 56.2 Å². The summed E-state index contributed by atoms with van der Waals surface area (Å²) in [7, 11) is 0. The second-order valence-corrected chi connectivity index (χ2v) is 18.8. The molecule has 4 aromatic heterocycles. The van der Waals surface area contributed by atoms with E-state index >= 15 is 0 Å². The molecule has 9 aromatic carbocycles. The third-order valence-electron chi connectivity index (χ3n) is 14.4. The van der Waals surface area contributed by atoms with Gasteiger partial charge in [0.05, 0.1) is 51.3 Å². The molecule has 0 saturated heterocycles. The van der Waals surface area contributed by atoms with Crippen molar-refractivity contribution >= 4 is 116 Å². The maximum Gasteiger partial charge on any atom is 0.187 e. The maximum absolute atomic E-state index is 9.67. The van der Waals surface area contributed by atoms with Crippen LogP contribution in [-0.4, -0.2) is 8.80 Å². The van der Waals surface area contributed by atoms with Crippen LogP contribution in [0.4, 0.5) is 39.8 Å². The highest BCUT2D eigenvalue weighted by Gasteiger charge is 2.25. The Balaban J connectivity index is 1.04. The molecule has 6 heteroatoms. The lowest BCUT2D eigenvalue weighted by atomic mass is 10.0. The molecule has 0 aliphatic carbocycles. The summed E-state index contributed by atoms with van der Waals surface area (Å²) in [5, 5.41) is 19.5. The molecule has 0 saturated carbocycles. The Morgan fingerprint density at radius 2 is 0.765 bits per heavy atom. The minimum Gasteiger partial charge on any atom is -0.311 e. The summed E-state index contributed by atoms with van der Waals surface area (Å²) in [6, 6.07) is 67.9. The van der Waals surface area contributed by atoms with Crippen LogP contribution in [0.2, 0.25) is 0 Å². The molecule has 0 N–H and O–H groups in total. The molecule has 0 atom stereocenters. The van der Waals surface area contributed by atoms with Crippen molar-refractivity contribution in [2.45, 2.75) is 39.5 Å². The van der Waals surface area contributed by atoms with Gasteiger partial charge in [0, 0.05) is 77.2 Å². The number of hydrogen-bond acceptors (Lipinski definition) is 3. The molecule has 0 radical (unpaired) electrons. The summed E-state index contributed by atoms with van der Waals surface area (Å²) < 4.78 is 4.98. The first-order valence-corrected chi connectivity index (χ1v) is 23.4. The zero-order valence-corrected chi connectivity index (χ0v) is 38.2. The lowest BCUT2D eigenvalue weighted by molar-refractivity contribution is 0.866. The summed E-state index contributed by atoms with van der Waals surface area (Å²) in [6.07, 6.45) is 0. The third-order valence-corrected chi connectivity index (χ3v) is 14.4. The van der Waals surface area contributed by atoms with Crippen LogP contribution in [0.5, 0.6) is 0 Å². The Morgan fingerprint density at radius 1 is 0.412 bits per heavy atom. The molecule has 0 amide bonds. The lowest BCUT2D eigenvalue weighted by Gasteiger charge is -2.26. The number of aromatic nitrogens is 2. The molecule has 0 fully saturated rings. The van der Waals surface area contributed by atoms with E-state index in [1.807, 2.05) is 36.4 Å². The van der Waals surface area contributed by atoms with E-state index in [0.29, 0.717) is 23.1 Å². The van der Waals surface area contributed by atoms with Gasteiger partial charge in [-0.25, -0.2) is 4.85 Å². The molecule has 68 heavy (non-hydrogen) atoms. The van der Waals surface area contributed by atoms with Gasteiger partial charge in [-0.05, 0) is 120 Å². The average Bonchev–Trinajstić information content (AvgIpc) is 4.10. The number of nitriles is 1. The monoisotopic (exact) mass is 872 g/mol. The largest absolute Gasteiger partial charge is 0.311 e. The molecule has 0 aliphatic rings. The van der Waals surface area contributed by atoms with Gasteiger partial charge in [0.15, 0.2) is 5.69 Å². The van der Waals surface area contributed by atoms with E-state index in [4.69, 9.17) is 6.57 Å². The molecule has 4 heterocycles. The molecule has 13 rings (SSSR count). The van der Waals surface area contributed by atoms with Gasteiger partial charge in [0.2, 0.25) is 0 Å². The van der Waals surface area contributed by atoms with Crippen molar-refractivity contribution < 1.29 is 0 Å². The highest BCUT2D eigenvalue weighted by atomic mass is 15.1. The van der Waals surface area contributed by atoms with Gasteiger partial charge in [-0.3, -0.25) is 0 Å². The number of anilines is 6. The van der Waals surface area contributed by atoms with E-state index in [0.717, 1.165) is 45.2 Å². The molecular weight excluding hydrogens is 829 g/mol.